The zero-order chi connectivity index (χ0) is 22.4. The van der Waals surface area contributed by atoms with Gasteiger partial charge in [0.05, 0.1) is 16.4 Å². The van der Waals surface area contributed by atoms with Crippen molar-refractivity contribution < 1.29 is 4.39 Å². The Balaban J connectivity index is 1.05. The average molecular weight is 463 g/mol. The maximum atomic E-state index is 13.6. The minimum Gasteiger partial charge on any atom is -0.366 e. The summed E-state index contributed by atoms with van der Waals surface area (Å²) in [5, 5.41) is 12.6. The molecule has 0 bridgehead atoms. The molecule has 1 aliphatic heterocycles. The Morgan fingerprint density at radius 1 is 1.03 bits per heavy atom. The Morgan fingerprint density at radius 3 is 2.64 bits per heavy atom. The van der Waals surface area contributed by atoms with Gasteiger partial charge in [-0.25, -0.2) is 9.37 Å². The minimum atomic E-state index is -0.342. The molecule has 8 heteroatoms. The molecule has 0 amide bonds. The maximum absolute atomic E-state index is 13.6. The number of hydrogen-bond acceptors (Lipinski definition) is 5. The van der Waals surface area contributed by atoms with Gasteiger partial charge in [-0.05, 0) is 67.1 Å². The summed E-state index contributed by atoms with van der Waals surface area (Å²) in [4.78, 5) is 7.28. The fourth-order valence-electron chi connectivity index (χ4n) is 5.39. The van der Waals surface area contributed by atoms with Gasteiger partial charge in [0.25, 0.3) is 0 Å². The first-order valence-corrected chi connectivity index (χ1v) is 11.7. The number of fused-ring (bicyclic) bond motifs is 2. The molecular formula is C25H24ClFN6. The topological polar surface area (TPSA) is 58.4 Å². The molecule has 33 heavy (non-hydrogen) atoms. The van der Waals surface area contributed by atoms with Crippen molar-refractivity contribution in [1.29, 1.82) is 0 Å². The third-order valence-corrected chi connectivity index (χ3v) is 7.18. The predicted molar refractivity (Wildman–Crippen MR) is 127 cm³/mol. The zero-order valence-corrected chi connectivity index (χ0v) is 18.8. The highest BCUT2D eigenvalue weighted by Crippen LogP contribution is 2.39. The molecule has 1 saturated heterocycles. The normalized spacial score (nSPS) is 22.7. The summed E-state index contributed by atoms with van der Waals surface area (Å²) in [5.74, 6) is 1.79. The number of anilines is 1. The third kappa shape index (κ3) is 4.18. The molecule has 1 N–H and O–H groups in total. The maximum Gasteiger partial charge on any atom is 0.148 e. The smallest absolute Gasteiger partial charge is 0.148 e. The van der Waals surface area contributed by atoms with Crippen molar-refractivity contribution in [3.8, 4) is 11.3 Å². The van der Waals surface area contributed by atoms with Crippen LogP contribution in [0.3, 0.4) is 0 Å². The summed E-state index contributed by atoms with van der Waals surface area (Å²) in [6, 6.07) is 14.5. The number of likely N-dealkylation sites (tertiary alicyclic amines) is 1. The lowest BCUT2D eigenvalue weighted by molar-refractivity contribution is 0.298. The highest BCUT2D eigenvalue weighted by atomic mass is 35.5. The number of aromatic nitrogens is 4. The molecule has 4 aromatic rings. The number of nitrogens with zero attached hydrogens (tertiary/aromatic N) is 5. The van der Waals surface area contributed by atoms with E-state index in [9.17, 15) is 4.39 Å². The lowest BCUT2D eigenvalue weighted by Gasteiger charge is -2.19. The van der Waals surface area contributed by atoms with Gasteiger partial charge in [0.15, 0.2) is 0 Å². The van der Waals surface area contributed by atoms with Crippen LogP contribution in [0.5, 0.6) is 0 Å². The Kier molecular flexibility index (Phi) is 5.23. The Labute approximate surface area is 196 Å². The molecule has 1 aliphatic carbocycles. The van der Waals surface area contributed by atoms with Gasteiger partial charge < -0.3 is 9.72 Å². The predicted octanol–water partition coefficient (Wildman–Crippen LogP) is 4.91. The van der Waals surface area contributed by atoms with E-state index in [1.165, 1.54) is 18.2 Å². The fraction of sp³-hybridized carbons (Fsp3) is 0.320. The first-order valence-electron chi connectivity index (χ1n) is 11.3. The lowest BCUT2D eigenvalue weighted by Crippen LogP contribution is -2.25. The van der Waals surface area contributed by atoms with E-state index in [0.29, 0.717) is 34.2 Å². The summed E-state index contributed by atoms with van der Waals surface area (Å²) < 4.78 is 15.7. The molecule has 1 aromatic carbocycles. The summed E-state index contributed by atoms with van der Waals surface area (Å²) in [6.45, 7) is 3.13. The van der Waals surface area contributed by atoms with Gasteiger partial charge in [-0.2, -0.15) is 0 Å². The van der Waals surface area contributed by atoms with E-state index in [4.69, 9.17) is 16.6 Å². The fourth-order valence-corrected chi connectivity index (χ4v) is 5.61. The largest absolute Gasteiger partial charge is 0.366 e. The van der Waals surface area contributed by atoms with Gasteiger partial charge in [0.2, 0.25) is 0 Å². The van der Waals surface area contributed by atoms with E-state index in [1.807, 2.05) is 36.5 Å². The highest BCUT2D eigenvalue weighted by Gasteiger charge is 2.41. The molecular weight excluding hydrogens is 439 g/mol. The van der Waals surface area contributed by atoms with Crippen LogP contribution in [0.4, 0.5) is 10.2 Å². The van der Waals surface area contributed by atoms with Crippen molar-refractivity contribution in [2.45, 2.75) is 25.4 Å². The Hall–Kier alpha value is -3.03. The molecule has 6 nitrogen and oxygen atoms in total. The van der Waals surface area contributed by atoms with E-state index in [0.717, 1.165) is 49.6 Å². The standard InChI is InChI=1S/C25H24ClFN6/c26-22-5-4-18(27)11-21(22)23-6-7-24(31-30-23)28-19-9-16-12-32(13-17(16)10-19)14-20-15-33-8-2-1-3-25(33)29-20/h1-8,11,15-17,19H,9-10,12-14H2,(H,28,31)/t16-,17+,19+. The lowest BCUT2D eigenvalue weighted by atomic mass is 10.0. The second-order valence-corrected chi connectivity index (χ2v) is 9.56. The molecule has 0 spiro atoms. The molecule has 2 aliphatic rings. The van der Waals surface area contributed by atoms with Crippen molar-refractivity contribution in [2.24, 2.45) is 11.8 Å². The van der Waals surface area contributed by atoms with Crippen molar-refractivity contribution in [3.63, 3.8) is 0 Å². The van der Waals surface area contributed by atoms with E-state index in [1.54, 1.807) is 0 Å². The second kappa shape index (κ2) is 8.39. The SMILES string of the molecule is Fc1ccc(Cl)c(-c2ccc(N[C@H]3C[C@@H]4CN(Cc5cn6ccccc6n5)C[C@@H]4C3)nn2)c1. The molecule has 168 valence electrons. The first kappa shape index (κ1) is 20.6. The molecule has 2 fully saturated rings. The van der Waals surface area contributed by atoms with Crippen LogP contribution in [0.25, 0.3) is 16.9 Å². The number of halogens is 2. The molecule has 3 aromatic heterocycles. The van der Waals surface area contributed by atoms with Crippen molar-refractivity contribution in [3.05, 3.63) is 77.5 Å². The Morgan fingerprint density at radius 2 is 1.88 bits per heavy atom. The number of hydrogen-bond donors (Lipinski definition) is 1. The highest BCUT2D eigenvalue weighted by molar-refractivity contribution is 6.33. The van der Waals surface area contributed by atoms with Crippen LogP contribution < -0.4 is 5.32 Å². The average Bonchev–Trinajstić information content (AvgIpc) is 3.48. The minimum absolute atomic E-state index is 0.342. The first-order chi connectivity index (χ1) is 16.1. The van der Waals surface area contributed by atoms with Gasteiger partial charge >= 0.3 is 0 Å². The van der Waals surface area contributed by atoms with Crippen LogP contribution >= 0.6 is 11.6 Å². The van der Waals surface area contributed by atoms with Gasteiger partial charge in [-0.3, -0.25) is 4.90 Å². The van der Waals surface area contributed by atoms with Crippen LogP contribution in [-0.4, -0.2) is 43.6 Å². The number of pyridine rings is 1. The summed E-state index contributed by atoms with van der Waals surface area (Å²) in [6.07, 6.45) is 6.44. The van der Waals surface area contributed by atoms with E-state index < -0.39 is 0 Å². The molecule has 0 unspecified atom stereocenters. The Bertz CT molecular complexity index is 1240. The number of imidazole rings is 1. The zero-order valence-electron chi connectivity index (χ0n) is 18.0. The summed E-state index contributed by atoms with van der Waals surface area (Å²) >= 11 is 6.19. The molecule has 3 atom stereocenters. The van der Waals surface area contributed by atoms with Crippen LogP contribution in [0.2, 0.25) is 5.02 Å². The van der Waals surface area contributed by atoms with Crippen molar-refractivity contribution in [2.75, 3.05) is 18.4 Å². The van der Waals surface area contributed by atoms with Gasteiger partial charge in [0.1, 0.15) is 17.3 Å². The summed E-state index contributed by atoms with van der Waals surface area (Å²) in [5.41, 5.74) is 3.25. The van der Waals surface area contributed by atoms with E-state index >= 15 is 0 Å². The van der Waals surface area contributed by atoms with E-state index in [-0.39, 0.29) is 5.82 Å². The molecule has 1 saturated carbocycles. The molecule has 4 heterocycles. The molecule has 6 rings (SSSR count). The third-order valence-electron chi connectivity index (χ3n) is 6.85. The van der Waals surface area contributed by atoms with Crippen LogP contribution in [0.15, 0.2) is 60.9 Å². The van der Waals surface area contributed by atoms with E-state index in [2.05, 4.69) is 31.0 Å². The number of nitrogens with one attached hydrogen (secondary N) is 1. The quantitative estimate of drug-likeness (QED) is 0.457. The van der Waals surface area contributed by atoms with Gasteiger partial charge in [0, 0.05) is 43.6 Å². The van der Waals surface area contributed by atoms with Crippen LogP contribution in [0.1, 0.15) is 18.5 Å². The van der Waals surface area contributed by atoms with Crippen molar-refractivity contribution >= 4 is 23.1 Å². The monoisotopic (exact) mass is 462 g/mol. The van der Waals surface area contributed by atoms with Crippen LogP contribution in [0, 0.1) is 17.7 Å². The number of benzene rings is 1. The van der Waals surface area contributed by atoms with Gasteiger partial charge in [-0.1, -0.05) is 17.7 Å². The summed E-state index contributed by atoms with van der Waals surface area (Å²) in [7, 11) is 0. The van der Waals surface area contributed by atoms with Crippen molar-refractivity contribution in [1.82, 2.24) is 24.5 Å². The molecule has 0 radical (unpaired) electrons. The number of rotatable bonds is 5. The van der Waals surface area contributed by atoms with Gasteiger partial charge in [-0.15, -0.1) is 10.2 Å². The van der Waals surface area contributed by atoms with Crippen LogP contribution in [-0.2, 0) is 6.54 Å². The second-order valence-electron chi connectivity index (χ2n) is 9.15.